The maximum Gasteiger partial charge on any atom is 0.200 e. The van der Waals surface area contributed by atoms with Crippen molar-refractivity contribution < 1.29 is 17.2 Å². The van der Waals surface area contributed by atoms with E-state index in [9.17, 15) is 22.5 Å². The van der Waals surface area contributed by atoms with Crippen LogP contribution in [0.15, 0.2) is 23.1 Å². The Kier molecular flexibility index (Phi) is 2.71. The van der Waals surface area contributed by atoms with E-state index in [1.165, 1.54) is 0 Å². The van der Waals surface area contributed by atoms with Gasteiger partial charge in [0, 0.05) is 6.07 Å². The Morgan fingerprint density at radius 3 is 2.30 bits per heavy atom. The summed E-state index contributed by atoms with van der Waals surface area (Å²) in [6.07, 6.45) is 3.42. The lowest BCUT2D eigenvalue weighted by molar-refractivity contribution is 0.0114. The molecule has 1 aromatic rings. The fourth-order valence-corrected chi connectivity index (χ4v) is 5.52. The van der Waals surface area contributed by atoms with E-state index in [1.807, 2.05) is 6.07 Å². The van der Waals surface area contributed by atoms with Crippen LogP contribution >= 0.6 is 0 Å². The van der Waals surface area contributed by atoms with Gasteiger partial charge in [-0.25, -0.2) is 17.2 Å². The summed E-state index contributed by atoms with van der Waals surface area (Å²) >= 11 is 0. The van der Waals surface area contributed by atoms with Gasteiger partial charge in [-0.15, -0.1) is 0 Å². The van der Waals surface area contributed by atoms with Crippen LogP contribution in [-0.2, 0) is 9.84 Å². The third-order valence-electron chi connectivity index (χ3n) is 4.64. The molecule has 3 rings (SSSR count). The van der Waals surface area contributed by atoms with Crippen molar-refractivity contribution in [2.45, 2.75) is 41.7 Å². The van der Waals surface area contributed by atoms with Crippen LogP contribution in [0, 0.1) is 28.4 Å². The largest absolute Gasteiger partial charge is 0.222 e. The van der Waals surface area contributed by atoms with Crippen LogP contribution in [0.5, 0.6) is 0 Å². The predicted octanol–water partition coefficient (Wildman–Crippen LogP) is 2.96. The topological polar surface area (TPSA) is 57.9 Å². The van der Waals surface area contributed by atoms with Crippen molar-refractivity contribution in [2.75, 3.05) is 0 Å². The second-order valence-corrected chi connectivity index (χ2v) is 8.12. The fraction of sp³-hybridized carbons (Fsp3) is 0.500. The van der Waals surface area contributed by atoms with E-state index in [-0.39, 0.29) is 18.3 Å². The normalized spacial score (nSPS) is 22.6. The summed E-state index contributed by atoms with van der Waals surface area (Å²) < 4.78 is 50.2. The van der Waals surface area contributed by atoms with E-state index >= 15 is 0 Å². The highest BCUT2D eigenvalue weighted by molar-refractivity contribution is 7.93. The third-order valence-corrected chi connectivity index (χ3v) is 6.96. The minimum Gasteiger partial charge on any atom is -0.222 e. The highest BCUT2D eigenvalue weighted by atomic mass is 32.2. The highest BCUT2D eigenvalue weighted by Crippen LogP contribution is 2.63. The summed E-state index contributed by atoms with van der Waals surface area (Å²) in [5, 5.41) is 9.31. The molecule has 0 unspecified atom stereocenters. The number of hydrogen-bond acceptors (Lipinski definition) is 3. The van der Waals surface area contributed by atoms with Crippen LogP contribution in [0.25, 0.3) is 0 Å². The van der Waals surface area contributed by atoms with Gasteiger partial charge in [0.05, 0.1) is 6.07 Å². The summed E-state index contributed by atoms with van der Waals surface area (Å²) in [5.41, 5.74) is -0.0424. The molecule has 0 bridgehead atoms. The molecule has 0 radical (unpaired) electrons. The molecule has 1 aromatic carbocycles. The molecule has 2 fully saturated rings. The molecule has 2 aliphatic rings. The van der Waals surface area contributed by atoms with Gasteiger partial charge < -0.3 is 0 Å². The van der Waals surface area contributed by atoms with Crippen molar-refractivity contribution in [2.24, 2.45) is 5.41 Å². The zero-order valence-corrected chi connectivity index (χ0v) is 11.5. The Morgan fingerprint density at radius 2 is 1.85 bits per heavy atom. The first-order chi connectivity index (χ1) is 9.34. The van der Waals surface area contributed by atoms with Gasteiger partial charge in [-0.1, -0.05) is 6.42 Å². The van der Waals surface area contributed by atoms with Gasteiger partial charge in [-0.3, -0.25) is 0 Å². The summed E-state index contributed by atoms with van der Waals surface area (Å²) in [6, 6.07) is 4.22. The molecule has 0 aliphatic heterocycles. The summed E-state index contributed by atoms with van der Waals surface area (Å²) in [5.74, 6) is -1.97. The Balaban J connectivity index is 2.01. The SMILES string of the molecule is N#CC1(S(=O)(=O)c2ccc(F)cc2F)CC2(CCC2)C1. The van der Waals surface area contributed by atoms with Crippen molar-refractivity contribution in [3.05, 3.63) is 29.8 Å². The Labute approximate surface area is 116 Å². The average Bonchev–Trinajstić information content (AvgIpc) is 2.25. The van der Waals surface area contributed by atoms with E-state index < -0.39 is 31.1 Å². The van der Waals surface area contributed by atoms with Gasteiger partial charge in [0.25, 0.3) is 0 Å². The molecule has 106 valence electrons. The maximum absolute atomic E-state index is 13.7. The number of nitrogens with zero attached hydrogens (tertiary/aromatic N) is 1. The average molecular weight is 297 g/mol. The molecule has 2 saturated carbocycles. The van der Waals surface area contributed by atoms with Gasteiger partial charge in [0.15, 0.2) is 14.6 Å². The van der Waals surface area contributed by atoms with Crippen molar-refractivity contribution in [3.63, 3.8) is 0 Å². The van der Waals surface area contributed by atoms with E-state index in [0.29, 0.717) is 6.07 Å². The Morgan fingerprint density at radius 1 is 1.20 bits per heavy atom. The van der Waals surface area contributed by atoms with Crippen molar-refractivity contribution in [1.29, 1.82) is 5.26 Å². The van der Waals surface area contributed by atoms with Gasteiger partial charge >= 0.3 is 0 Å². The predicted molar refractivity (Wildman–Crippen MR) is 67.4 cm³/mol. The molecule has 6 heteroatoms. The van der Waals surface area contributed by atoms with Gasteiger partial charge in [0.1, 0.15) is 16.5 Å². The first-order valence-electron chi connectivity index (χ1n) is 6.45. The van der Waals surface area contributed by atoms with E-state index in [2.05, 4.69) is 0 Å². The lowest BCUT2D eigenvalue weighted by atomic mass is 9.52. The smallest absolute Gasteiger partial charge is 0.200 e. The second kappa shape index (κ2) is 4.01. The minimum atomic E-state index is -4.11. The first kappa shape index (κ1) is 13.5. The van der Waals surface area contributed by atoms with Crippen LogP contribution in [0.2, 0.25) is 0 Å². The third kappa shape index (κ3) is 1.62. The van der Waals surface area contributed by atoms with Gasteiger partial charge in [0.2, 0.25) is 0 Å². The Hall–Kier alpha value is -1.48. The van der Waals surface area contributed by atoms with Crippen molar-refractivity contribution >= 4 is 9.84 Å². The van der Waals surface area contributed by atoms with E-state index in [1.54, 1.807) is 0 Å². The van der Waals surface area contributed by atoms with Gasteiger partial charge in [-0.2, -0.15) is 5.26 Å². The molecule has 2 aliphatic carbocycles. The molecular weight excluding hydrogens is 284 g/mol. The zero-order chi connectivity index (χ0) is 14.6. The molecule has 0 aromatic heterocycles. The van der Waals surface area contributed by atoms with E-state index in [0.717, 1.165) is 31.4 Å². The molecule has 0 amide bonds. The molecule has 1 spiro atoms. The fourth-order valence-electron chi connectivity index (χ4n) is 3.42. The molecule has 3 nitrogen and oxygen atoms in total. The molecule has 0 heterocycles. The number of rotatable bonds is 2. The monoisotopic (exact) mass is 297 g/mol. The van der Waals surface area contributed by atoms with E-state index in [4.69, 9.17) is 0 Å². The molecule has 0 saturated heterocycles. The number of halogens is 2. The number of nitriles is 1. The quantitative estimate of drug-likeness (QED) is 0.789. The Bertz CT molecular complexity index is 709. The first-order valence-corrected chi connectivity index (χ1v) is 7.94. The molecule has 20 heavy (non-hydrogen) atoms. The lowest BCUT2D eigenvalue weighted by Crippen LogP contribution is -2.58. The standard InChI is InChI=1S/C14H13F2NO2S/c15-10-2-3-12(11(16)6-10)20(18,19)14(9-17)7-13(8-14)4-1-5-13/h2-3,6H,1,4-5,7-8H2. The molecule has 0 N–H and O–H groups in total. The summed E-state index contributed by atoms with van der Waals surface area (Å²) in [4.78, 5) is -0.574. The van der Waals surface area contributed by atoms with Crippen LogP contribution in [0.3, 0.4) is 0 Å². The van der Waals surface area contributed by atoms with Crippen molar-refractivity contribution in [1.82, 2.24) is 0 Å². The van der Waals surface area contributed by atoms with Crippen LogP contribution in [0.4, 0.5) is 8.78 Å². The molecule has 0 atom stereocenters. The van der Waals surface area contributed by atoms with Crippen molar-refractivity contribution in [3.8, 4) is 6.07 Å². The van der Waals surface area contributed by atoms with Gasteiger partial charge in [-0.05, 0) is 43.2 Å². The van der Waals surface area contributed by atoms with Crippen LogP contribution < -0.4 is 0 Å². The van der Waals surface area contributed by atoms with Crippen LogP contribution in [0.1, 0.15) is 32.1 Å². The maximum atomic E-state index is 13.7. The number of benzene rings is 1. The summed E-state index contributed by atoms with van der Waals surface area (Å²) in [7, 11) is -4.11. The molecular formula is C14H13F2NO2S. The van der Waals surface area contributed by atoms with Crippen LogP contribution in [-0.4, -0.2) is 13.2 Å². The lowest BCUT2D eigenvalue weighted by Gasteiger charge is -2.57. The number of sulfone groups is 1. The minimum absolute atomic E-state index is 0.0424. The summed E-state index contributed by atoms with van der Waals surface area (Å²) in [6.45, 7) is 0. The second-order valence-electron chi connectivity index (χ2n) is 5.89. The highest BCUT2D eigenvalue weighted by Gasteiger charge is 2.64. The zero-order valence-electron chi connectivity index (χ0n) is 10.7. The number of hydrogen-bond donors (Lipinski definition) is 0.